The topological polar surface area (TPSA) is 50.6 Å². The molecule has 0 aliphatic carbocycles. The lowest BCUT2D eigenvalue weighted by molar-refractivity contribution is 0.0628. The Bertz CT molecular complexity index is 1050. The summed E-state index contributed by atoms with van der Waals surface area (Å²) >= 11 is 0. The zero-order valence-electron chi connectivity index (χ0n) is 17.6. The second kappa shape index (κ2) is 8.44. The summed E-state index contributed by atoms with van der Waals surface area (Å²) in [5.41, 5.74) is 1.94. The molecule has 0 unspecified atom stereocenters. The van der Waals surface area contributed by atoms with Crippen LogP contribution in [0.25, 0.3) is 16.6 Å². The van der Waals surface area contributed by atoms with Crippen LogP contribution < -0.4 is 4.90 Å². The highest BCUT2D eigenvalue weighted by molar-refractivity contribution is 6.03. The highest BCUT2D eigenvalue weighted by atomic mass is 19.1. The Kier molecular flexibility index (Phi) is 5.72. The maximum atomic E-state index is 14.3. The van der Waals surface area contributed by atoms with E-state index in [1.54, 1.807) is 41.1 Å². The first-order valence-corrected chi connectivity index (χ1v) is 10.3. The summed E-state index contributed by atoms with van der Waals surface area (Å²) in [6, 6.07) is 12.2. The maximum absolute atomic E-state index is 14.3. The number of nitrogens with zero attached hydrogens (tertiary/aromatic N) is 4. The number of benzene rings is 2. The van der Waals surface area contributed by atoms with Gasteiger partial charge in [0.2, 0.25) is 0 Å². The average Bonchev–Trinajstić information content (AvgIpc) is 3.31. The molecule has 2 heterocycles. The number of rotatable bonds is 7. The zero-order valence-corrected chi connectivity index (χ0v) is 17.6. The Morgan fingerprint density at radius 1 is 1.10 bits per heavy atom. The summed E-state index contributed by atoms with van der Waals surface area (Å²) in [6.45, 7) is 6.13. The van der Waals surface area contributed by atoms with Gasteiger partial charge in [0.05, 0.1) is 23.5 Å². The Balaban J connectivity index is 1.61. The van der Waals surface area contributed by atoms with E-state index in [1.165, 1.54) is 6.07 Å². The lowest BCUT2D eigenvalue weighted by atomic mass is 10.1. The summed E-state index contributed by atoms with van der Waals surface area (Å²) < 4.78 is 21.5. The molecule has 158 valence electrons. The summed E-state index contributed by atoms with van der Waals surface area (Å²) in [7, 11) is 1.70. The largest absolute Gasteiger partial charge is 0.380 e. The standard InChI is InChI=1S/C23H27FN4O2/c1-16(2)13-17(30-3)15-26-11-12-27(23(26)29)20-9-6-10-21-18(20)14-25-28(21)22-8-5-4-7-19(22)24/h4-10,14,16-17H,11-13,15H2,1-3H3/t17-/m1/s1. The third kappa shape index (κ3) is 3.77. The quantitative estimate of drug-likeness (QED) is 0.578. The van der Waals surface area contributed by atoms with E-state index >= 15 is 0 Å². The number of hydrogen-bond acceptors (Lipinski definition) is 3. The molecule has 2 amide bonds. The molecule has 1 aromatic heterocycles. The van der Waals surface area contributed by atoms with Crippen LogP contribution in [-0.4, -0.2) is 53.6 Å². The van der Waals surface area contributed by atoms with Crippen LogP contribution in [0.3, 0.4) is 0 Å². The number of para-hydroxylation sites is 1. The second-order valence-corrected chi connectivity index (χ2v) is 8.09. The number of carbonyl (C=O) groups excluding carboxylic acids is 1. The van der Waals surface area contributed by atoms with E-state index in [9.17, 15) is 9.18 Å². The molecule has 1 aliphatic rings. The van der Waals surface area contributed by atoms with Crippen LogP contribution in [0.1, 0.15) is 20.3 Å². The normalized spacial score (nSPS) is 15.6. The molecular weight excluding hydrogens is 383 g/mol. The highest BCUT2D eigenvalue weighted by Crippen LogP contribution is 2.31. The van der Waals surface area contributed by atoms with Gasteiger partial charge >= 0.3 is 6.03 Å². The SMILES string of the molecule is CO[C@H](CC(C)C)CN1CCN(c2cccc3c2cnn3-c2ccccc2F)C1=O. The van der Waals surface area contributed by atoms with Crippen LogP contribution in [0.5, 0.6) is 0 Å². The molecule has 2 aromatic carbocycles. The van der Waals surface area contributed by atoms with Crippen LogP contribution in [0.2, 0.25) is 0 Å². The molecule has 1 atom stereocenters. The summed E-state index contributed by atoms with van der Waals surface area (Å²) in [4.78, 5) is 16.7. The zero-order chi connectivity index (χ0) is 21.3. The molecule has 3 aromatic rings. The van der Waals surface area contributed by atoms with E-state index in [2.05, 4.69) is 18.9 Å². The minimum absolute atomic E-state index is 0.0218. The van der Waals surface area contributed by atoms with Gasteiger partial charge in [0.15, 0.2) is 0 Å². The van der Waals surface area contributed by atoms with Gasteiger partial charge in [0.1, 0.15) is 11.5 Å². The Labute approximate surface area is 175 Å². The molecule has 0 N–H and O–H groups in total. The van der Waals surface area contributed by atoms with Gasteiger partial charge in [-0.2, -0.15) is 5.10 Å². The van der Waals surface area contributed by atoms with E-state index < -0.39 is 0 Å². The number of amides is 2. The lowest BCUT2D eigenvalue weighted by Gasteiger charge is -2.24. The van der Waals surface area contributed by atoms with Gasteiger partial charge in [-0.3, -0.25) is 4.90 Å². The predicted octanol–water partition coefficient (Wildman–Crippen LogP) is 4.47. The van der Waals surface area contributed by atoms with Crippen LogP contribution in [0.15, 0.2) is 48.7 Å². The molecule has 0 spiro atoms. The third-order valence-electron chi connectivity index (χ3n) is 5.55. The first-order chi connectivity index (χ1) is 14.5. The van der Waals surface area contributed by atoms with Crippen LogP contribution >= 0.6 is 0 Å². The van der Waals surface area contributed by atoms with Crippen molar-refractivity contribution in [1.82, 2.24) is 14.7 Å². The second-order valence-electron chi connectivity index (χ2n) is 8.09. The average molecular weight is 410 g/mol. The van der Waals surface area contributed by atoms with Crippen molar-refractivity contribution in [1.29, 1.82) is 0 Å². The number of fused-ring (bicyclic) bond motifs is 1. The number of aromatic nitrogens is 2. The number of ether oxygens (including phenoxy) is 1. The smallest absolute Gasteiger partial charge is 0.324 e. The van der Waals surface area contributed by atoms with Crippen LogP contribution in [0.4, 0.5) is 14.9 Å². The lowest BCUT2D eigenvalue weighted by Crippen LogP contribution is -2.38. The minimum atomic E-state index is -0.341. The Morgan fingerprint density at radius 3 is 2.60 bits per heavy atom. The van der Waals surface area contributed by atoms with Crippen molar-refractivity contribution in [3.8, 4) is 5.69 Å². The third-order valence-corrected chi connectivity index (χ3v) is 5.55. The van der Waals surface area contributed by atoms with Crippen LogP contribution in [0, 0.1) is 11.7 Å². The van der Waals surface area contributed by atoms with Crippen molar-refractivity contribution in [3.63, 3.8) is 0 Å². The van der Waals surface area contributed by atoms with Crippen molar-refractivity contribution in [2.24, 2.45) is 5.92 Å². The summed E-state index contributed by atoms with van der Waals surface area (Å²) in [6.07, 6.45) is 2.63. The van der Waals surface area contributed by atoms with Gasteiger partial charge in [-0.05, 0) is 36.6 Å². The van der Waals surface area contributed by atoms with Gasteiger partial charge in [-0.25, -0.2) is 13.9 Å². The fourth-order valence-electron chi connectivity index (χ4n) is 4.08. The number of halogens is 1. The van der Waals surface area contributed by atoms with E-state index in [0.717, 1.165) is 23.0 Å². The van der Waals surface area contributed by atoms with Crippen molar-refractivity contribution < 1.29 is 13.9 Å². The number of anilines is 1. The molecule has 1 fully saturated rings. The fraction of sp³-hybridized carbons (Fsp3) is 0.391. The first-order valence-electron chi connectivity index (χ1n) is 10.3. The van der Waals surface area contributed by atoms with Gasteiger partial charge in [0, 0.05) is 32.1 Å². The van der Waals surface area contributed by atoms with Crippen molar-refractivity contribution >= 4 is 22.6 Å². The number of carbonyl (C=O) groups is 1. The van der Waals surface area contributed by atoms with E-state index in [-0.39, 0.29) is 18.0 Å². The van der Waals surface area contributed by atoms with E-state index in [0.29, 0.717) is 31.2 Å². The molecule has 7 heteroatoms. The van der Waals surface area contributed by atoms with Crippen LogP contribution in [-0.2, 0) is 4.74 Å². The number of methoxy groups -OCH3 is 1. The monoisotopic (exact) mass is 410 g/mol. The Morgan fingerprint density at radius 2 is 1.87 bits per heavy atom. The van der Waals surface area contributed by atoms with Gasteiger partial charge in [-0.15, -0.1) is 0 Å². The fourth-order valence-corrected chi connectivity index (χ4v) is 4.08. The molecule has 0 bridgehead atoms. The highest BCUT2D eigenvalue weighted by Gasteiger charge is 2.32. The van der Waals surface area contributed by atoms with Gasteiger partial charge in [-0.1, -0.05) is 32.0 Å². The van der Waals surface area contributed by atoms with Crippen molar-refractivity contribution in [3.05, 3.63) is 54.5 Å². The molecule has 1 saturated heterocycles. The summed E-state index contributed by atoms with van der Waals surface area (Å²) in [5.74, 6) is 0.161. The maximum Gasteiger partial charge on any atom is 0.324 e. The van der Waals surface area contributed by atoms with E-state index in [4.69, 9.17) is 4.74 Å². The molecule has 6 nitrogen and oxygen atoms in total. The Hall–Kier alpha value is -2.93. The minimum Gasteiger partial charge on any atom is -0.380 e. The van der Waals surface area contributed by atoms with Gasteiger partial charge < -0.3 is 9.64 Å². The number of urea groups is 1. The van der Waals surface area contributed by atoms with Gasteiger partial charge in [0.25, 0.3) is 0 Å². The molecule has 4 rings (SSSR count). The molecule has 0 saturated carbocycles. The molecule has 1 aliphatic heterocycles. The summed E-state index contributed by atoms with van der Waals surface area (Å²) in [5, 5.41) is 5.22. The molecule has 30 heavy (non-hydrogen) atoms. The van der Waals surface area contributed by atoms with Crippen molar-refractivity contribution in [2.75, 3.05) is 31.6 Å². The number of hydrogen-bond donors (Lipinski definition) is 0. The first kappa shape index (κ1) is 20.3. The van der Waals surface area contributed by atoms with E-state index in [1.807, 2.05) is 23.1 Å². The molecular formula is C23H27FN4O2. The van der Waals surface area contributed by atoms with Crippen molar-refractivity contribution in [2.45, 2.75) is 26.4 Å². The molecule has 0 radical (unpaired) electrons. The predicted molar refractivity (Wildman–Crippen MR) is 116 cm³/mol.